The number of halogens is 1. The number of furan rings is 1. The molecule has 3 aromatic rings. The first kappa shape index (κ1) is 21.3. The lowest BCUT2D eigenvalue weighted by Gasteiger charge is -2.14. The summed E-state index contributed by atoms with van der Waals surface area (Å²) >= 11 is 7.02. The number of benzene rings is 1. The summed E-state index contributed by atoms with van der Waals surface area (Å²) in [6.07, 6.45) is 3.55. The summed E-state index contributed by atoms with van der Waals surface area (Å²) in [5, 5.41) is 22.7. The van der Waals surface area contributed by atoms with E-state index in [1.54, 1.807) is 18.4 Å². The summed E-state index contributed by atoms with van der Waals surface area (Å²) in [5.74, 6) is 0.845. The number of aromatic nitrogens is 3. The van der Waals surface area contributed by atoms with Gasteiger partial charge in [-0.3, -0.25) is 19.5 Å². The molecule has 0 spiro atoms. The van der Waals surface area contributed by atoms with Gasteiger partial charge in [-0.25, -0.2) is 0 Å². The van der Waals surface area contributed by atoms with Crippen LogP contribution < -0.4 is 5.32 Å². The number of carbonyl (C=O) groups is 1. The molecule has 1 aliphatic heterocycles. The molecule has 1 aliphatic rings. The molecule has 10 nitrogen and oxygen atoms in total. The Hall–Kier alpha value is -2.89. The SMILES string of the molecule is O=C(CSc1nnc(-c2ccco2)n1CC1CCCO1)Nc1ccc(Cl)c([N+](=O)[O-])c1. The zero-order valence-electron chi connectivity index (χ0n) is 16.2. The van der Waals surface area contributed by atoms with Gasteiger partial charge in [0.1, 0.15) is 5.02 Å². The second-order valence-corrected chi connectivity index (χ2v) is 8.14. The first-order valence-corrected chi connectivity index (χ1v) is 10.8. The quantitative estimate of drug-likeness (QED) is 0.301. The highest BCUT2D eigenvalue weighted by Crippen LogP contribution is 2.29. The van der Waals surface area contributed by atoms with Gasteiger partial charge in [0.15, 0.2) is 10.9 Å². The van der Waals surface area contributed by atoms with Crippen molar-refractivity contribution in [2.24, 2.45) is 0 Å². The van der Waals surface area contributed by atoms with Gasteiger partial charge >= 0.3 is 0 Å². The molecule has 1 saturated heterocycles. The number of anilines is 1. The van der Waals surface area contributed by atoms with Crippen molar-refractivity contribution < 1.29 is 18.9 Å². The predicted octanol–water partition coefficient (Wildman–Crippen LogP) is 4.01. The lowest BCUT2D eigenvalue weighted by molar-refractivity contribution is -0.384. The molecule has 0 aliphatic carbocycles. The molecule has 0 saturated carbocycles. The van der Waals surface area contributed by atoms with Crippen LogP contribution in [0.4, 0.5) is 11.4 Å². The Morgan fingerprint density at radius 2 is 2.26 bits per heavy atom. The molecule has 1 amide bonds. The fourth-order valence-electron chi connectivity index (χ4n) is 3.20. The van der Waals surface area contributed by atoms with Crippen molar-refractivity contribution in [1.82, 2.24) is 14.8 Å². The molecule has 1 fully saturated rings. The van der Waals surface area contributed by atoms with E-state index < -0.39 is 4.92 Å². The molecule has 1 aromatic carbocycles. The van der Waals surface area contributed by atoms with Crippen molar-refractivity contribution >= 4 is 40.6 Å². The van der Waals surface area contributed by atoms with Crippen LogP contribution in [0.15, 0.2) is 46.2 Å². The molecule has 2 aromatic heterocycles. The third kappa shape index (κ3) is 5.06. The minimum atomic E-state index is -0.601. The monoisotopic (exact) mass is 463 g/mol. The molecule has 1 N–H and O–H groups in total. The van der Waals surface area contributed by atoms with Gasteiger partial charge in [-0.2, -0.15) is 0 Å². The maximum Gasteiger partial charge on any atom is 0.289 e. The lowest BCUT2D eigenvalue weighted by atomic mass is 10.2. The van der Waals surface area contributed by atoms with Crippen LogP contribution in [0.25, 0.3) is 11.6 Å². The Bertz CT molecular complexity index is 1080. The van der Waals surface area contributed by atoms with Crippen LogP contribution in [0.3, 0.4) is 0 Å². The summed E-state index contributed by atoms with van der Waals surface area (Å²) in [4.78, 5) is 22.8. The van der Waals surface area contributed by atoms with Crippen molar-refractivity contribution in [2.75, 3.05) is 17.7 Å². The molecule has 12 heteroatoms. The number of carbonyl (C=O) groups excluding carboxylic acids is 1. The summed E-state index contributed by atoms with van der Waals surface area (Å²) in [6, 6.07) is 7.67. The standard InChI is InChI=1S/C19H18ClN5O5S/c20-14-6-5-12(9-15(14)25(27)28)21-17(26)11-31-19-23-22-18(16-4-2-8-30-16)24(19)10-13-3-1-7-29-13/h2,4-6,8-9,13H,1,3,7,10-11H2,(H,21,26). The Labute approximate surface area is 186 Å². The van der Waals surface area contributed by atoms with Gasteiger partial charge < -0.3 is 14.5 Å². The van der Waals surface area contributed by atoms with E-state index in [0.717, 1.165) is 19.4 Å². The summed E-state index contributed by atoms with van der Waals surface area (Å²) in [6.45, 7) is 1.28. The molecular weight excluding hydrogens is 446 g/mol. The van der Waals surface area contributed by atoms with Crippen molar-refractivity contribution in [2.45, 2.75) is 30.6 Å². The Morgan fingerprint density at radius 1 is 1.39 bits per heavy atom. The summed E-state index contributed by atoms with van der Waals surface area (Å²) < 4.78 is 13.1. The lowest BCUT2D eigenvalue weighted by Crippen LogP contribution is -2.18. The molecule has 31 heavy (non-hydrogen) atoms. The first-order valence-electron chi connectivity index (χ1n) is 9.46. The van der Waals surface area contributed by atoms with Gasteiger partial charge in [-0.1, -0.05) is 23.4 Å². The van der Waals surface area contributed by atoms with E-state index in [1.165, 1.54) is 30.0 Å². The number of rotatable bonds is 8. The van der Waals surface area contributed by atoms with Gasteiger partial charge in [0.05, 0.1) is 29.6 Å². The molecule has 0 radical (unpaired) electrons. The number of nitrogens with one attached hydrogen (secondary N) is 1. The molecule has 3 heterocycles. The highest BCUT2D eigenvalue weighted by atomic mass is 35.5. The van der Waals surface area contributed by atoms with Gasteiger partial charge in [-0.15, -0.1) is 10.2 Å². The number of amides is 1. The number of nitro groups is 1. The van der Waals surface area contributed by atoms with Crippen LogP contribution in [0, 0.1) is 10.1 Å². The molecule has 162 valence electrons. The highest BCUT2D eigenvalue weighted by molar-refractivity contribution is 7.99. The fourth-order valence-corrected chi connectivity index (χ4v) is 4.13. The third-order valence-electron chi connectivity index (χ3n) is 4.63. The predicted molar refractivity (Wildman–Crippen MR) is 114 cm³/mol. The van der Waals surface area contributed by atoms with Crippen LogP contribution in [-0.2, 0) is 16.1 Å². The van der Waals surface area contributed by atoms with Gasteiger partial charge in [-0.05, 0) is 37.1 Å². The maximum atomic E-state index is 12.4. The van der Waals surface area contributed by atoms with Crippen molar-refractivity contribution in [3.63, 3.8) is 0 Å². The molecule has 0 bridgehead atoms. The average molecular weight is 464 g/mol. The maximum absolute atomic E-state index is 12.4. The Balaban J connectivity index is 1.46. The van der Waals surface area contributed by atoms with E-state index in [-0.39, 0.29) is 28.5 Å². The molecule has 4 rings (SSSR count). The van der Waals surface area contributed by atoms with Crippen molar-refractivity contribution in [3.8, 4) is 11.6 Å². The number of hydrogen-bond acceptors (Lipinski definition) is 8. The smallest absolute Gasteiger partial charge is 0.289 e. The van der Waals surface area contributed by atoms with Crippen LogP contribution in [0.2, 0.25) is 5.02 Å². The van der Waals surface area contributed by atoms with E-state index in [2.05, 4.69) is 15.5 Å². The molecule has 1 atom stereocenters. The second kappa shape index (κ2) is 9.50. The summed E-state index contributed by atoms with van der Waals surface area (Å²) in [7, 11) is 0. The van der Waals surface area contributed by atoms with E-state index in [0.29, 0.717) is 29.0 Å². The first-order chi connectivity index (χ1) is 15.0. The molecular formula is C19H18ClN5O5S. The van der Waals surface area contributed by atoms with Gasteiger partial charge in [0, 0.05) is 18.4 Å². The highest BCUT2D eigenvalue weighted by Gasteiger charge is 2.23. The number of thioether (sulfide) groups is 1. The minimum absolute atomic E-state index is 0.00469. The summed E-state index contributed by atoms with van der Waals surface area (Å²) in [5.41, 5.74) is 0.0188. The van der Waals surface area contributed by atoms with Crippen LogP contribution in [0.1, 0.15) is 12.8 Å². The van der Waals surface area contributed by atoms with Crippen LogP contribution in [-0.4, -0.2) is 44.1 Å². The number of nitro benzene ring substituents is 1. The normalized spacial score (nSPS) is 15.8. The zero-order chi connectivity index (χ0) is 21.8. The van der Waals surface area contributed by atoms with Crippen LogP contribution >= 0.6 is 23.4 Å². The topological polar surface area (TPSA) is 125 Å². The Morgan fingerprint density at radius 3 is 2.97 bits per heavy atom. The second-order valence-electron chi connectivity index (χ2n) is 6.79. The van der Waals surface area contributed by atoms with Crippen LogP contribution in [0.5, 0.6) is 0 Å². The van der Waals surface area contributed by atoms with E-state index in [1.807, 2.05) is 4.57 Å². The van der Waals surface area contributed by atoms with Crippen molar-refractivity contribution in [3.05, 3.63) is 51.7 Å². The number of ether oxygens (including phenoxy) is 1. The van der Waals surface area contributed by atoms with E-state index >= 15 is 0 Å². The van der Waals surface area contributed by atoms with Gasteiger partial charge in [0.2, 0.25) is 11.7 Å². The largest absolute Gasteiger partial charge is 0.461 e. The van der Waals surface area contributed by atoms with Gasteiger partial charge in [0.25, 0.3) is 5.69 Å². The fraction of sp³-hybridized carbons (Fsp3) is 0.316. The minimum Gasteiger partial charge on any atom is -0.461 e. The van der Waals surface area contributed by atoms with E-state index in [4.69, 9.17) is 20.8 Å². The van der Waals surface area contributed by atoms with Crippen molar-refractivity contribution in [1.29, 1.82) is 0 Å². The van der Waals surface area contributed by atoms with E-state index in [9.17, 15) is 14.9 Å². The molecule has 1 unspecified atom stereocenters. The third-order valence-corrected chi connectivity index (χ3v) is 5.91. The number of hydrogen-bond donors (Lipinski definition) is 1. The zero-order valence-corrected chi connectivity index (χ0v) is 17.8. The number of nitrogens with zero attached hydrogens (tertiary/aromatic N) is 4. The Kier molecular flexibility index (Phi) is 6.54. The average Bonchev–Trinajstić information content (AvgIpc) is 3.50.